The van der Waals surface area contributed by atoms with E-state index in [-0.39, 0.29) is 6.09 Å². The summed E-state index contributed by atoms with van der Waals surface area (Å²) in [5.74, 6) is -0.423. The number of esters is 1. The zero-order valence-electron chi connectivity index (χ0n) is 16.0. The highest BCUT2D eigenvalue weighted by Crippen LogP contribution is 2.22. The summed E-state index contributed by atoms with van der Waals surface area (Å²) in [5, 5.41) is 3.46. The van der Waals surface area contributed by atoms with E-state index >= 15 is 0 Å². The Labute approximate surface area is 155 Å². The minimum absolute atomic E-state index is 0.345. The van der Waals surface area contributed by atoms with E-state index in [9.17, 15) is 9.59 Å². The monoisotopic (exact) mass is 360 g/mol. The largest absolute Gasteiger partial charge is 0.466 e. The van der Waals surface area contributed by atoms with E-state index in [1.807, 2.05) is 51.1 Å². The minimum atomic E-state index is -0.565. The van der Waals surface area contributed by atoms with Crippen LogP contribution in [-0.4, -0.2) is 54.8 Å². The normalized spacial score (nSPS) is 20.8. The summed E-state index contributed by atoms with van der Waals surface area (Å²) >= 11 is 0. The molecule has 1 aliphatic heterocycles. The fourth-order valence-electron chi connectivity index (χ4n) is 2.94. The lowest BCUT2D eigenvalue weighted by Gasteiger charge is -2.42. The Bertz CT molecular complexity index is 652. The second-order valence-electron chi connectivity index (χ2n) is 7.50. The predicted octanol–water partition coefficient (Wildman–Crippen LogP) is 2.54. The third-order valence-corrected chi connectivity index (χ3v) is 4.09. The van der Waals surface area contributed by atoms with Gasteiger partial charge >= 0.3 is 12.1 Å². The Morgan fingerprint density at radius 1 is 1.27 bits per heavy atom. The smallest absolute Gasteiger partial charge is 0.410 e. The molecule has 0 aliphatic carbocycles. The molecule has 0 aromatic heterocycles. The first kappa shape index (κ1) is 20.0. The average Bonchev–Trinajstić information content (AvgIpc) is 2.59. The number of hydrogen-bond donors (Lipinski definition) is 1. The van der Waals surface area contributed by atoms with Crippen LogP contribution < -0.4 is 5.32 Å². The molecular formula is C20H28N2O4. The summed E-state index contributed by atoms with van der Waals surface area (Å²) in [6.45, 7) is 7.11. The van der Waals surface area contributed by atoms with Gasteiger partial charge in [0.1, 0.15) is 5.60 Å². The first-order chi connectivity index (χ1) is 12.2. The molecule has 1 aromatic rings. The number of amides is 1. The molecule has 1 heterocycles. The minimum Gasteiger partial charge on any atom is -0.466 e. The van der Waals surface area contributed by atoms with Crippen molar-refractivity contribution in [3.8, 4) is 0 Å². The van der Waals surface area contributed by atoms with Gasteiger partial charge in [-0.1, -0.05) is 36.4 Å². The molecule has 2 rings (SSSR count). The van der Waals surface area contributed by atoms with Crippen molar-refractivity contribution in [2.24, 2.45) is 0 Å². The molecule has 6 heteroatoms. The van der Waals surface area contributed by atoms with Gasteiger partial charge in [-0.05, 0) is 32.8 Å². The summed E-state index contributed by atoms with van der Waals surface area (Å²) in [6, 6.07) is 9.97. The van der Waals surface area contributed by atoms with E-state index in [0.717, 1.165) is 5.56 Å². The Kier molecular flexibility index (Phi) is 6.42. The molecule has 1 aliphatic rings. The average molecular weight is 360 g/mol. The van der Waals surface area contributed by atoms with Crippen molar-refractivity contribution < 1.29 is 19.1 Å². The summed E-state index contributed by atoms with van der Waals surface area (Å²) in [7, 11) is 1.35. The fourth-order valence-corrected chi connectivity index (χ4v) is 2.94. The molecule has 1 unspecified atom stereocenters. The maximum atomic E-state index is 12.5. The van der Waals surface area contributed by atoms with Gasteiger partial charge in [-0.15, -0.1) is 0 Å². The van der Waals surface area contributed by atoms with Crippen LogP contribution in [0.3, 0.4) is 0 Å². The first-order valence-corrected chi connectivity index (χ1v) is 8.77. The number of piperazine rings is 1. The van der Waals surface area contributed by atoms with Crippen LogP contribution in [0.5, 0.6) is 0 Å². The highest BCUT2D eigenvalue weighted by Gasteiger charge is 2.36. The van der Waals surface area contributed by atoms with Crippen LogP contribution in [0.25, 0.3) is 0 Å². The van der Waals surface area contributed by atoms with Gasteiger partial charge in [0.05, 0.1) is 12.6 Å². The van der Waals surface area contributed by atoms with Crippen molar-refractivity contribution >= 4 is 12.1 Å². The molecule has 0 bridgehead atoms. The van der Waals surface area contributed by atoms with E-state index in [0.29, 0.717) is 26.1 Å². The van der Waals surface area contributed by atoms with Crippen molar-refractivity contribution in [2.75, 3.05) is 26.7 Å². The number of carbonyl (C=O) groups excluding carboxylic acids is 2. The van der Waals surface area contributed by atoms with Crippen molar-refractivity contribution in [3.05, 3.63) is 48.0 Å². The van der Waals surface area contributed by atoms with Crippen LogP contribution in [0.2, 0.25) is 0 Å². The fraction of sp³-hybridized carbons (Fsp3) is 0.500. The lowest BCUT2D eigenvalue weighted by Crippen LogP contribution is -2.62. The molecule has 6 nitrogen and oxygen atoms in total. The highest BCUT2D eigenvalue weighted by molar-refractivity contribution is 5.82. The number of rotatable bonds is 4. The van der Waals surface area contributed by atoms with Crippen LogP contribution in [-0.2, 0) is 20.7 Å². The van der Waals surface area contributed by atoms with Crippen LogP contribution in [0.15, 0.2) is 42.5 Å². The van der Waals surface area contributed by atoms with Crippen molar-refractivity contribution in [1.29, 1.82) is 0 Å². The molecule has 26 heavy (non-hydrogen) atoms. The molecule has 1 amide bonds. The molecule has 1 saturated heterocycles. The van der Waals surface area contributed by atoms with Crippen molar-refractivity contribution in [3.63, 3.8) is 0 Å². The molecule has 1 atom stereocenters. The number of nitrogens with one attached hydrogen (secondary N) is 1. The molecule has 1 aromatic carbocycles. The van der Waals surface area contributed by atoms with E-state index < -0.39 is 17.1 Å². The van der Waals surface area contributed by atoms with Gasteiger partial charge < -0.3 is 19.7 Å². The van der Waals surface area contributed by atoms with E-state index in [4.69, 9.17) is 9.47 Å². The van der Waals surface area contributed by atoms with Crippen LogP contribution in [0.1, 0.15) is 26.3 Å². The van der Waals surface area contributed by atoms with Gasteiger partial charge in [0.2, 0.25) is 0 Å². The maximum absolute atomic E-state index is 12.5. The zero-order chi connectivity index (χ0) is 19.2. The maximum Gasteiger partial charge on any atom is 0.410 e. The molecule has 0 saturated carbocycles. The summed E-state index contributed by atoms with van der Waals surface area (Å²) < 4.78 is 10.2. The number of ether oxygens (including phenoxy) is 2. The van der Waals surface area contributed by atoms with E-state index in [1.165, 1.54) is 13.2 Å². The van der Waals surface area contributed by atoms with Crippen LogP contribution in [0, 0.1) is 0 Å². The predicted molar refractivity (Wildman–Crippen MR) is 99.8 cm³/mol. The Morgan fingerprint density at radius 3 is 2.58 bits per heavy atom. The second-order valence-corrected chi connectivity index (χ2v) is 7.50. The highest BCUT2D eigenvalue weighted by atomic mass is 16.6. The Hall–Kier alpha value is -2.34. The summed E-state index contributed by atoms with van der Waals surface area (Å²) in [5.41, 5.74) is -0.00286. The SMILES string of the molecule is COC(=O)/C=C/C1(Cc2ccccc2)CN(C(=O)OC(C)(C)C)CCN1. The first-order valence-electron chi connectivity index (χ1n) is 8.77. The second kappa shape index (κ2) is 8.36. The third-order valence-electron chi connectivity index (χ3n) is 4.09. The lowest BCUT2D eigenvalue weighted by atomic mass is 9.88. The molecule has 0 radical (unpaired) electrons. The van der Waals surface area contributed by atoms with Gasteiger partial charge in [-0.2, -0.15) is 0 Å². The third kappa shape index (κ3) is 5.88. The number of benzene rings is 1. The van der Waals surface area contributed by atoms with E-state index in [2.05, 4.69) is 5.32 Å². The molecule has 142 valence electrons. The quantitative estimate of drug-likeness (QED) is 0.660. The number of carbonyl (C=O) groups is 2. The Morgan fingerprint density at radius 2 is 1.96 bits per heavy atom. The summed E-state index contributed by atoms with van der Waals surface area (Å²) in [6.07, 6.45) is 3.50. The standard InChI is InChI=1S/C20H28N2O4/c1-19(2,3)26-18(24)22-13-12-21-20(15-22,11-10-17(23)25-4)14-16-8-6-5-7-9-16/h5-11,21H,12-15H2,1-4H3/b11-10+. The molecule has 1 N–H and O–H groups in total. The molecular weight excluding hydrogens is 332 g/mol. The van der Waals surface area contributed by atoms with Crippen molar-refractivity contribution in [2.45, 2.75) is 38.3 Å². The number of methoxy groups -OCH3 is 1. The van der Waals surface area contributed by atoms with Gasteiger partial charge in [-0.25, -0.2) is 9.59 Å². The number of hydrogen-bond acceptors (Lipinski definition) is 5. The number of nitrogens with zero attached hydrogens (tertiary/aromatic N) is 1. The van der Waals surface area contributed by atoms with Gasteiger partial charge in [0, 0.05) is 25.7 Å². The van der Waals surface area contributed by atoms with Gasteiger partial charge in [-0.3, -0.25) is 0 Å². The molecule has 0 spiro atoms. The van der Waals surface area contributed by atoms with Gasteiger partial charge in [0.15, 0.2) is 0 Å². The zero-order valence-corrected chi connectivity index (χ0v) is 16.0. The Balaban J connectivity index is 2.23. The van der Waals surface area contributed by atoms with Gasteiger partial charge in [0.25, 0.3) is 0 Å². The topological polar surface area (TPSA) is 67.9 Å². The lowest BCUT2D eigenvalue weighted by molar-refractivity contribution is -0.134. The molecule has 1 fully saturated rings. The van der Waals surface area contributed by atoms with E-state index in [1.54, 1.807) is 11.0 Å². The van der Waals surface area contributed by atoms with Crippen molar-refractivity contribution in [1.82, 2.24) is 10.2 Å². The van der Waals surface area contributed by atoms with Crippen LogP contribution >= 0.6 is 0 Å². The van der Waals surface area contributed by atoms with Crippen LogP contribution in [0.4, 0.5) is 4.79 Å². The summed E-state index contributed by atoms with van der Waals surface area (Å²) in [4.78, 5) is 25.8.